The third-order valence-corrected chi connectivity index (χ3v) is 4.74. The highest BCUT2D eigenvalue weighted by atomic mass is 35.5. The maximum atomic E-state index is 6.19. The zero-order valence-electron chi connectivity index (χ0n) is 10.4. The Balaban J connectivity index is 1.80. The van der Waals surface area contributed by atoms with Crippen molar-refractivity contribution in [1.29, 1.82) is 0 Å². The summed E-state index contributed by atoms with van der Waals surface area (Å²) in [6.45, 7) is 0. The Kier molecular flexibility index (Phi) is 4.05. The lowest BCUT2D eigenvalue weighted by molar-refractivity contribution is 0.774. The first-order chi connectivity index (χ1) is 9.52. The molecule has 0 saturated heterocycles. The van der Waals surface area contributed by atoms with Gasteiger partial charge in [-0.3, -0.25) is 0 Å². The monoisotopic (exact) mass is 345 g/mol. The normalized spacial score (nSPS) is 17.1. The van der Waals surface area contributed by atoms with Crippen LogP contribution < -0.4 is 5.32 Å². The van der Waals surface area contributed by atoms with Crippen LogP contribution >= 0.6 is 46.4 Å². The molecule has 1 nitrogen and oxygen atoms in total. The molecule has 20 heavy (non-hydrogen) atoms. The van der Waals surface area contributed by atoms with E-state index in [9.17, 15) is 0 Å². The van der Waals surface area contributed by atoms with Crippen LogP contribution in [0, 0.1) is 0 Å². The van der Waals surface area contributed by atoms with Crippen LogP contribution in [-0.4, -0.2) is 6.04 Å². The molecular weight excluding hydrogens is 336 g/mol. The van der Waals surface area contributed by atoms with Crippen LogP contribution in [0.5, 0.6) is 0 Å². The summed E-state index contributed by atoms with van der Waals surface area (Å²) in [7, 11) is 0. The van der Waals surface area contributed by atoms with Gasteiger partial charge in [0.15, 0.2) is 0 Å². The molecule has 0 fully saturated rings. The van der Waals surface area contributed by atoms with Gasteiger partial charge in [-0.1, -0.05) is 52.5 Å². The Labute approximate surface area is 137 Å². The van der Waals surface area contributed by atoms with Gasteiger partial charge in [0.05, 0.1) is 20.8 Å². The minimum absolute atomic E-state index is 0.290. The molecule has 0 heterocycles. The third kappa shape index (κ3) is 2.87. The first-order valence-corrected chi connectivity index (χ1v) is 7.72. The lowest BCUT2D eigenvalue weighted by Gasteiger charge is -2.15. The summed E-state index contributed by atoms with van der Waals surface area (Å²) in [5.41, 5.74) is 3.42. The highest BCUT2D eigenvalue weighted by molar-refractivity contribution is 6.44. The molecule has 0 spiro atoms. The van der Waals surface area contributed by atoms with Gasteiger partial charge in [-0.05, 0) is 48.2 Å². The Morgan fingerprint density at radius 2 is 1.50 bits per heavy atom. The summed E-state index contributed by atoms with van der Waals surface area (Å²) in [6.07, 6.45) is 1.87. The average Bonchev–Trinajstić information content (AvgIpc) is 2.77. The molecule has 0 bridgehead atoms. The van der Waals surface area contributed by atoms with E-state index in [0.29, 0.717) is 21.1 Å². The van der Waals surface area contributed by atoms with Gasteiger partial charge in [0.1, 0.15) is 0 Å². The molecule has 104 valence electrons. The van der Waals surface area contributed by atoms with Crippen molar-refractivity contribution in [3.05, 3.63) is 61.5 Å². The fraction of sp³-hybridized carbons (Fsp3) is 0.200. The van der Waals surface area contributed by atoms with Crippen molar-refractivity contribution < 1.29 is 0 Å². The molecule has 5 heteroatoms. The van der Waals surface area contributed by atoms with Crippen LogP contribution in [0.25, 0.3) is 0 Å². The molecule has 0 saturated carbocycles. The standard InChI is InChI=1S/C15H11Cl4N/c16-10-2-1-8-4-11(5-9(8)3-10)20-15-7-13(18)12(17)6-14(15)19/h1-3,6-7,11,20H,4-5H2. The second kappa shape index (κ2) is 5.65. The fourth-order valence-corrected chi connectivity index (χ4v) is 3.34. The van der Waals surface area contributed by atoms with Gasteiger partial charge in [-0.15, -0.1) is 0 Å². The Morgan fingerprint density at radius 1 is 0.800 bits per heavy atom. The SMILES string of the molecule is Clc1ccc2c(c1)CC(Nc1cc(Cl)c(Cl)cc1Cl)C2. The number of anilines is 1. The first kappa shape index (κ1) is 14.3. The zero-order chi connectivity index (χ0) is 14.3. The van der Waals surface area contributed by atoms with E-state index in [2.05, 4.69) is 11.4 Å². The van der Waals surface area contributed by atoms with E-state index in [-0.39, 0.29) is 0 Å². The molecule has 0 amide bonds. The van der Waals surface area contributed by atoms with E-state index in [1.165, 1.54) is 11.1 Å². The summed E-state index contributed by atoms with van der Waals surface area (Å²) in [5, 5.41) is 5.74. The Bertz CT molecular complexity index is 669. The summed E-state index contributed by atoms with van der Waals surface area (Å²) < 4.78 is 0. The summed E-state index contributed by atoms with van der Waals surface area (Å²) in [5.74, 6) is 0. The molecular formula is C15H11Cl4N. The van der Waals surface area contributed by atoms with Crippen LogP contribution in [-0.2, 0) is 12.8 Å². The predicted molar refractivity (Wildman–Crippen MR) is 87.7 cm³/mol. The van der Waals surface area contributed by atoms with Crippen molar-refractivity contribution in [1.82, 2.24) is 0 Å². The van der Waals surface area contributed by atoms with Gasteiger partial charge >= 0.3 is 0 Å². The molecule has 2 aromatic carbocycles. The van der Waals surface area contributed by atoms with E-state index in [4.69, 9.17) is 46.4 Å². The number of halogens is 4. The minimum atomic E-state index is 0.290. The summed E-state index contributed by atoms with van der Waals surface area (Å²) in [6, 6.07) is 9.74. The maximum absolute atomic E-state index is 6.19. The molecule has 0 radical (unpaired) electrons. The number of fused-ring (bicyclic) bond motifs is 1. The number of benzene rings is 2. The Morgan fingerprint density at radius 3 is 2.30 bits per heavy atom. The lowest BCUT2D eigenvalue weighted by Crippen LogP contribution is -2.19. The molecule has 1 atom stereocenters. The van der Waals surface area contributed by atoms with Crippen LogP contribution in [0.2, 0.25) is 20.1 Å². The van der Waals surface area contributed by atoms with E-state index in [1.807, 2.05) is 12.1 Å². The number of hydrogen-bond donors (Lipinski definition) is 1. The maximum Gasteiger partial charge on any atom is 0.0653 e. The van der Waals surface area contributed by atoms with Gasteiger partial charge in [0.25, 0.3) is 0 Å². The molecule has 3 rings (SSSR count). The van der Waals surface area contributed by atoms with E-state index < -0.39 is 0 Å². The van der Waals surface area contributed by atoms with Crippen molar-refractivity contribution in [2.75, 3.05) is 5.32 Å². The largest absolute Gasteiger partial charge is 0.380 e. The van der Waals surface area contributed by atoms with Crippen molar-refractivity contribution in [2.24, 2.45) is 0 Å². The quantitative estimate of drug-likeness (QED) is 0.669. The van der Waals surface area contributed by atoms with Gasteiger partial charge in [0.2, 0.25) is 0 Å². The van der Waals surface area contributed by atoms with Gasteiger partial charge in [-0.2, -0.15) is 0 Å². The number of hydrogen-bond acceptors (Lipinski definition) is 1. The number of rotatable bonds is 2. The molecule has 1 unspecified atom stereocenters. The lowest BCUT2D eigenvalue weighted by atomic mass is 10.1. The topological polar surface area (TPSA) is 12.0 Å². The van der Waals surface area contributed by atoms with Crippen molar-refractivity contribution in [3.8, 4) is 0 Å². The molecule has 1 aliphatic carbocycles. The number of nitrogens with one attached hydrogen (secondary N) is 1. The van der Waals surface area contributed by atoms with Gasteiger partial charge in [0, 0.05) is 11.1 Å². The van der Waals surface area contributed by atoms with Crippen molar-refractivity contribution in [3.63, 3.8) is 0 Å². The smallest absolute Gasteiger partial charge is 0.0653 e. The third-order valence-electron chi connectivity index (χ3n) is 3.47. The van der Waals surface area contributed by atoms with E-state index in [1.54, 1.807) is 12.1 Å². The summed E-state index contributed by atoms with van der Waals surface area (Å²) in [4.78, 5) is 0. The zero-order valence-corrected chi connectivity index (χ0v) is 13.4. The second-order valence-corrected chi connectivity index (χ2v) is 6.57. The van der Waals surface area contributed by atoms with Gasteiger partial charge in [-0.25, -0.2) is 0 Å². The van der Waals surface area contributed by atoms with Crippen LogP contribution in [0.15, 0.2) is 30.3 Å². The fourth-order valence-electron chi connectivity index (χ4n) is 2.54. The average molecular weight is 347 g/mol. The van der Waals surface area contributed by atoms with Crippen molar-refractivity contribution >= 4 is 52.1 Å². The Hall–Kier alpha value is -0.600. The van der Waals surface area contributed by atoms with Gasteiger partial charge < -0.3 is 5.32 Å². The molecule has 1 N–H and O–H groups in total. The first-order valence-electron chi connectivity index (χ1n) is 6.21. The predicted octanol–water partition coefficient (Wildman–Crippen LogP) is 5.88. The van der Waals surface area contributed by atoms with E-state index >= 15 is 0 Å². The molecule has 0 aliphatic heterocycles. The molecule has 1 aliphatic rings. The van der Waals surface area contributed by atoms with Crippen LogP contribution in [0.1, 0.15) is 11.1 Å². The summed E-state index contributed by atoms with van der Waals surface area (Å²) >= 11 is 24.2. The highest BCUT2D eigenvalue weighted by Gasteiger charge is 2.22. The highest BCUT2D eigenvalue weighted by Crippen LogP contribution is 2.34. The molecule has 0 aromatic heterocycles. The molecule has 2 aromatic rings. The second-order valence-electron chi connectivity index (χ2n) is 4.91. The van der Waals surface area contributed by atoms with E-state index in [0.717, 1.165) is 23.6 Å². The van der Waals surface area contributed by atoms with Crippen molar-refractivity contribution in [2.45, 2.75) is 18.9 Å². The van der Waals surface area contributed by atoms with Crippen LogP contribution in [0.4, 0.5) is 5.69 Å². The van der Waals surface area contributed by atoms with Crippen LogP contribution in [0.3, 0.4) is 0 Å². The minimum Gasteiger partial charge on any atom is -0.380 e.